The number of methoxy groups -OCH3 is 1. The zero-order valence-electron chi connectivity index (χ0n) is 16.7. The van der Waals surface area contributed by atoms with E-state index in [1.54, 1.807) is 13.3 Å². The zero-order chi connectivity index (χ0) is 20.7. The van der Waals surface area contributed by atoms with E-state index in [0.717, 1.165) is 53.0 Å². The van der Waals surface area contributed by atoms with Crippen molar-refractivity contribution in [2.24, 2.45) is 5.92 Å². The smallest absolute Gasteiger partial charge is 0.223 e. The maximum Gasteiger partial charge on any atom is 0.223 e. The molecule has 1 aromatic carbocycles. The molecule has 2 aliphatic rings. The summed E-state index contributed by atoms with van der Waals surface area (Å²) in [5.41, 5.74) is 2.75. The number of hydrogen-bond acceptors (Lipinski definition) is 6. The predicted octanol–water partition coefficient (Wildman–Crippen LogP) is 4.67. The topological polar surface area (TPSA) is 65.3 Å². The van der Waals surface area contributed by atoms with E-state index in [1.165, 1.54) is 12.8 Å². The van der Waals surface area contributed by atoms with Crippen LogP contribution >= 0.6 is 27.5 Å². The molecule has 0 amide bonds. The van der Waals surface area contributed by atoms with E-state index in [-0.39, 0.29) is 6.10 Å². The molecule has 1 aliphatic carbocycles. The minimum Gasteiger partial charge on any atom is -0.437 e. The number of hydrogen-bond donors (Lipinski definition) is 0. The van der Waals surface area contributed by atoms with Crippen molar-refractivity contribution in [3.63, 3.8) is 0 Å². The lowest BCUT2D eigenvalue weighted by molar-refractivity contribution is 0.107. The van der Waals surface area contributed by atoms with Gasteiger partial charge in [-0.15, -0.1) is 5.10 Å². The van der Waals surface area contributed by atoms with Gasteiger partial charge in [-0.3, -0.25) is 4.90 Å². The van der Waals surface area contributed by atoms with Crippen LogP contribution in [-0.4, -0.2) is 51.2 Å². The highest BCUT2D eigenvalue weighted by Crippen LogP contribution is 2.37. The van der Waals surface area contributed by atoms with Gasteiger partial charge >= 0.3 is 0 Å². The summed E-state index contributed by atoms with van der Waals surface area (Å²) in [6.45, 7) is 3.50. The van der Waals surface area contributed by atoms with E-state index in [1.807, 2.05) is 22.9 Å². The average molecular weight is 493 g/mol. The third-order valence-corrected chi connectivity index (χ3v) is 6.75. The van der Waals surface area contributed by atoms with Gasteiger partial charge in [0, 0.05) is 45.0 Å². The molecule has 158 valence electrons. The van der Waals surface area contributed by atoms with Crippen LogP contribution in [0.15, 0.2) is 28.9 Å². The fourth-order valence-electron chi connectivity index (χ4n) is 3.90. The van der Waals surface area contributed by atoms with Gasteiger partial charge in [-0.25, -0.2) is 9.67 Å². The van der Waals surface area contributed by atoms with Crippen LogP contribution in [0.25, 0.3) is 11.0 Å². The number of aromatic nitrogens is 4. The van der Waals surface area contributed by atoms with Crippen LogP contribution in [-0.2, 0) is 17.8 Å². The molecule has 0 radical (unpaired) electrons. The molecule has 7 nitrogen and oxygen atoms in total. The summed E-state index contributed by atoms with van der Waals surface area (Å²) in [6, 6.07) is 5.87. The highest BCUT2D eigenvalue weighted by Gasteiger charge is 2.25. The molecule has 1 unspecified atom stereocenters. The molecule has 0 N–H and O–H groups in total. The van der Waals surface area contributed by atoms with Gasteiger partial charge in [-0.05, 0) is 59.3 Å². The largest absolute Gasteiger partial charge is 0.437 e. The van der Waals surface area contributed by atoms with Crippen LogP contribution in [0, 0.1) is 5.92 Å². The summed E-state index contributed by atoms with van der Waals surface area (Å²) in [4.78, 5) is 6.78. The highest BCUT2D eigenvalue weighted by molar-refractivity contribution is 9.10. The van der Waals surface area contributed by atoms with Gasteiger partial charge in [0.25, 0.3) is 0 Å². The first kappa shape index (κ1) is 20.2. The van der Waals surface area contributed by atoms with Crippen molar-refractivity contribution in [1.82, 2.24) is 24.9 Å². The van der Waals surface area contributed by atoms with Gasteiger partial charge in [0.2, 0.25) is 5.88 Å². The molecule has 3 heterocycles. The standard InChI is InChI=1S/C21H23BrClN5O2/c1-29-16-6-7-27(12-16)11-14-8-15(23)9-24-21(14)30-18-5-4-17-20(19(18)22)25-26-28(17)10-13-2-3-13/h4-5,8-9,13,16H,2-3,6-7,10-12H2,1H3. The van der Waals surface area contributed by atoms with Crippen molar-refractivity contribution >= 4 is 38.6 Å². The Morgan fingerprint density at radius 2 is 2.13 bits per heavy atom. The molecule has 1 atom stereocenters. The first-order chi connectivity index (χ1) is 14.6. The molecular weight excluding hydrogens is 470 g/mol. The summed E-state index contributed by atoms with van der Waals surface area (Å²) in [5, 5.41) is 9.28. The fourth-order valence-corrected chi connectivity index (χ4v) is 4.57. The molecule has 1 saturated heterocycles. The van der Waals surface area contributed by atoms with Crippen LogP contribution in [0.2, 0.25) is 5.02 Å². The van der Waals surface area contributed by atoms with Crippen molar-refractivity contribution in [1.29, 1.82) is 0 Å². The Morgan fingerprint density at radius 3 is 2.90 bits per heavy atom. The normalized spacial score (nSPS) is 19.6. The number of benzene rings is 1. The van der Waals surface area contributed by atoms with Gasteiger partial charge < -0.3 is 9.47 Å². The third-order valence-electron chi connectivity index (χ3n) is 5.77. The second-order valence-corrected chi connectivity index (χ2v) is 9.29. The van der Waals surface area contributed by atoms with Crippen molar-refractivity contribution < 1.29 is 9.47 Å². The Hall–Kier alpha value is -1.74. The molecular formula is C21H23BrClN5O2. The molecule has 0 spiro atoms. The van der Waals surface area contributed by atoms with Gasteiger partial charge in [-0.2, -0.15) is 0 Å². The Labute approximate surface area is 188 Å². The Balaban J connectivity index is 1.40. The number of rotatable bonds is 7. The van der Waals surface area contributed by atoms with Crippen molar-refractivity contribution in [2.75, 3.05) is 20.2 Å². The van der Waals surface area contributed by atoms with E-state index in [2.05, 4.69) is 36.1 Å². The predicted molar refractivity (Wildman–Crippen MR) is 118 cm³/mol. The summed E-state index contributed by atoms with van der Waals surface area (Å²) in [7, 11) is 1.76. The van der Waals surface area contributed by atoms with Gasteiger partial charge in [0.1, 0.15) is 11.3 Å². The van der Waals surface area contributed by atoms with Gasteiger partial charge in [0.05, 0.1) is 21.1 Å². The summed E-state index contributed by atoms with van der Waals surface area (Å²) >= 11 is 9.89. The molecule has 9 heteroatoms. The van der Waals surface area contributed by atoms with Crippen molar-refractivity contribution in [2.45, 2.75) is 38.5 Å². The van der Waals surface area contributed by atoms with Crippen LogP contribution in [0.4, 0.5) is 0 Å². The summed E-state index contributed by atoms with van der Waals surface area (Å²) in [6.07, 6.45) is 5.46. The van der Waals surface area contributed by atoms with Crippen molar-refractivity contribution in [3.8, 4) is 11.6 Å². The molecule has 30 heavy (non-hydrogen) atoms. The minimum absolute atomic E-state index is 0.274. The molecule has 1 saturated carbocycles. The molecule has 0 bridgehead atoms. The first-order valence-corrected chi connectivity index (χ1v) is 11.4. The lowest BCUT2D eigenvalue weighted by atomic mass is 10.2. The maximum atomic E-state index is 6.23. The number of nitrogens with zero attached hydrogens (tertiary/aromatic N) is 5. The molecule has 2 aromatic heterocycles. The number of pyridine rings is 1. The van der Waals surface area contributed by atoms with Crippen LogP contribution in [0.5, 0.6) is 11.6 Å². The lowest BCUT2D eigenvalue weighted by Gasteiger charge is -2.18. The van der Waals surface area contributed by atoms with E-state index in [0.29, 0.717) is 23.2 Å². The quantitative estimate of drug-likeness (QED) is 0.478. The summed E-state index contributed by atoms with van der Waals surface area (Å²) < 4.78 is 14.5. The second kappa shape index (κ2) is 8.42. The van der Waals surface area contributed by atoms with Crippen LogP contribution in [0.3, 0.4) is 0 Å². The molecule has 2 fully saturated rings. The average Bonchev–Trinajstić information content (AvgIpc) is 3.28. The van der Waals surface area contributed by atoms with Crippen molar-refractivity contribution in [3.05, 3.63) is 39.5 Å². The third kappa shape index (κ3) is 4.19. The van der Waals surface area contributed by atoms with E-state index >= 15 is 0 Å². The monoisotopic (exact) mass is 491 g/mol. The van der Waals surface area contributed by atoms with E-state index in [4.69, 9.17) is 21.1 Å². The van der Waals surface area contributed by atoms with Gasteiger partial charge in [-0.1, -0.05) is 16.8 Å². The Bertz CT molecular complexity index is 1070. The fraction of sp³-hybridized carbons (Fsp3) is 0.476. The number of likely N-dealkylation sites (tertiary alicyclic amines) is 1. The molecule has 3 aromatic rings. The van der Waals surface area contributed by atoms with E-state index in [9.17, 15) is 0 Å². The Kier molecular flexibility index (Phi) is 5.66. The first-order valence-electron chi connectivity index (χ1n) is 10.2. The molecule has 1 aliphatic heterocycles. The number of halogens is 2. The van der Waals surface area contributed by atoms with Crippen LogP contribution < -0.4 is 4.74 Å². The van der Waals surface area contributed by atoms with E-state index < -0.39 is 0 Å². The lowest BCUT2D eigenvalue weighted by Crippen LogP contribution is -2.22. The summed E-state index contributed by atoms with van der Waals surface area (Å²) in [5.74, 6) is 1.94. The minimum atomic E-state index is 0.274. The highest BCUT2D eigenvalue weighted by atomic mass is 79.9. The second-order valence-electron chi connectivity index (χ2n) is 8.06. The SMILES string of the molecule is COC1CCN(Cc2cc(Cl)cnc2Oc2ccc3c(nnn3CC3CC3)c2Br)C1. The number of fused-ring (bicyclic) bond motifs is 1. The molecule has 5 rings (SSSR count). The zero-order valence-corrected chi connectivity index (χ0v) is 19.1. The van der Waals surface area contributed by atoms with Gasteiger partial charge in [0.15, 0.2) is 0 Å². The maximum absolute atomic E-state index is 6.23. The van der Waals surface area contributed by atoms with Crippen LogP contribution in [0.1, 0.15) is 24.8 Å². The number of ether oxygens (including phenoxy) is 2. The Morgan fingerprint density at radius 1 is 1.27 bits per heavy atom.